The second kappa shape index (κ2) is 13.4. The Morgan fingerprint density at radius 1 is 0.936 bits per heavy atom. The number of rotatable bonds is 10. The number of ether oxygens (including phenoxy) is 1. The Bertz CT molecular complexity index is 2030. The molecule has 0 aliphatic heterocycles. The molecule has 8 heteroatoms. The number of nitrogens with zero attached hydrogens (tertiary/aromatic N) is 3. The number of fused-ring (bicyclic) bond motifs is 2. The maximum atomic E-state index is 13.7. The van der Waals surface area contributed by atoms with Gasteiger partial charge < -0.3 is 14.6 Å². The fourth-order valence-electron chi connectivity index (χ4n) is 5.58. The van der Waals surface area contributed by atoms with Crippen LogP contribution in [-0.2, 0) is 24.4 Å². The first-order valence-electron chi connectivity index (χ1n) is 15.7. The van der Waals surface area contributed by atoms with Crippen molar-refractivity contribution in [3.8, 4) is 5.75 Å². The number of carbonyl (C=O) groups excluding carboxylic acids is 1. The molecule has 0 saturated heterocycles. The third kappa shape index (κ3) is 7.80. The highest BCUT2D eigenvalue weighted by molar-refractivity contribution is 8.00. The molecule has 6 rings (SSSR count). The third-order valence-corrected chi connectivity index (χ3v) is 9.46. The number of carbonyl (C=O) groups is 1. The number of nitrogens with one attached hydrogen (secondary N) is 1. The molecule has 0 radical (unpaired) electrons. The zero-order valence-corrected chi connectivity index (χ0v) is 29.0. The first kappa shape index (κ1) is 32.6. The van der Waals surface area contributed by atoms with E-state index in [1.54, 1.807) is 12.4 Å². The first-order chi connectivity index (χ1) is 22.4. The van der Waals surface area contributed by atoms with Gasteiger partial charge in [0.1, 0.15) is 12.4 Å². The maximum Gasteiger partial charge on any atom is 0.230 e. The van der Waals surface area contributed by atoms with E-state index in [-0.39, 0.29) is 10.7 Å². The highest BCUT2D eigenvalue weighted by Crippen LogP contribution is 2.44. The standard InChI is InChI=1S/C39H39ClN4O2S/c1-38(2,3)47-36-32-21-31(46-25-30-17-14-27-9-6-7-11-33(27)42-30)18-19-34(32)44(24-26-12-15-28(40)16-13-26)35(36)22-39(4,5)37(45)43-29-10-8-20-41-23-29/h6-21,23H,22,24-25H2,1-5H3,(H,43,45). The summed E-state index contributed by atoms with van der Waals surface area (Å²) in [7, 11) is 0. The van der Waals surface area contributed by atoms with Crippen molar-refractivity contribution in [2.75, 3.05) is 5.32 Å². The quantitative estimate of drug-likeness (QED) is 0.148. The molecule has 0 aliphatic rings. The van der Waals surface area contributed by atoms with Gasteiger partial charge in [-0.05, 0) is 60.2 Å². The molecule has 0 fully saturated rings. The van der Waals surface area contributed by atoms with Gasteiger partial charge in [-0.1, -0.05) is 82.6 Å². The van der Waals surface area contributed by atoms with Crippen LogP contribution in [0.15, 0.2) is 108 Å². The van der Waals surface area contributed by atoms with Gasteiger partial charge in [-0.25, -0.2) is 4.98 Å². The minimum atomic E-state index is -0.726. The van der Waals surface area contributed by atoms with Crippen LogP contribution in [-0.4, -0.2) is 25.2 Å². The molecule has 47 heavy (non-hydrogen) atoms. The molecule has 240 valence electrons. The average molecular weight is 663 g/mol. The number of pyridine rings is 2. The SMILES string of the molecule is CC(C)(C)Sc1c(CC(C)(C)C(=O)Nc2cccnc2)n(Cc2ccc(Cl)cc2)c2ccc(OCc3ccc4ccccc4n3)cc12. The molecule has 0 atom stereocenters. The summed E-state index contributed by atoms with van der Waals surface area (Å²) in [5.74, 6) is 0.708. The molecule has 0 aliphatic carbocycles. The maximum absolute atomic E-state index is 13.7. The van der Waals surface area contributed by atoms with Gasteiger partial charge in [-0.2, -0.15) is 0 Å². The zero-order valence-electron chi connectivity index (χ0n) is 27.4. The number of hydrogen-bond acceptors (Lipinski definition) is 5. The van der Waals surface area contributed by atoms with E-state index in [1.165, 1.54) is 0 Å². The molecular weight excluding hydrogens is 624 g/mol. The Kier molecular flexibility index (Phi) is 9.31. The van der Waals surface area contributed by atoms with E-state index in [0.717, 1.165) is 49.4 Å². The van der Waals surface area contributed by atoms with Gasteiger partial charge in [0.05, 0.1) is 23.1 Å². The van der Waals surface area contributed by atoms with E-state index < -0.39 is 5.41 Å². The van der Waals surface area contributed by atoms with Crippen molar-refractivity contribution >= 4 is 56.8 Å². The highest BCUT2D eigenvalue weighted by atomic mass is 35.5. The number of aromatic nitrogens is 3. The van der Waals surface area contributed by atoms with Crippen molar-refractivity contribution in [2.24, 2.45) is 5.41 Å². The molecule has 6 nitrogen and oxygen atoms in total. The monoisotopic (exact) mass is 662 g/mol. The first-order valence-corrected chi connectivity index (χ1v) is 16.9. The van der Waals surface area contributed by atoms with Gasteiger partial charge in [0.25, 0.3) is 0 Å². The summed E-state index contributed by atoms with van der Waals surface area (Å²) in [5.41, 5.74) is 5.09. The number of thioether (sulfide) groups is 1. The summed E-state index contributed by atoms with van der Waals surface area (Å²) in [6.45, 7) is 11.6. The van der Waals surface area contributed by atoms with E-state index in [2.05, 4.69) is 72.0 Å². The summed E-state index contributed by atoms with van der Waals surface area (Å²) < 4.78 is 8.62. The van der Waals surface area contributed by atoms with E-state index in [9.17, 15) is 4.79 Å². The Hall–Kier alpha value is -4.33. The van der Waals surface area contributed by atoms with Crippen LogP contribution in [0.3, 0.4) is 0 Å². The van der Waals surface area contributed by atoms with Gasteiger partial charge in [-0.15, -0.1) is 11.8 Å². The van der Waals surface area contributed by atoms with Crippen molar-refractivity contribution < 1.29 is 9.53 Å². The lowest BCUT2D eigenvalue weighted by Gasteiger charge is -2.26. The smallest absolute Gasteiger partial charge is 0.230 e. The highest BCUT2D eigenvalue weighted by Gasteiger charge is 2.33. The molecule has 0 unspecified atom stereocenters. The van der Waals surface area contributed by atoms with Gasteiger partial charge >= 0.3 is 0 Å². The second-order valence-electron chi connectivity index (χ2n) is 13.4. The summed E-state index contributed by atoms with van der Waals surface area (Å²) in [4.78, 5) is 23.8. The topological polar surface area (TPSA) is 69.0 Å². The largest absolute Gasteiger partial charge is 0.487 e. The fraction of sp³-hybridized carbons (Fsp3) is 0.256. The van der Waals surface area contributed by atoms with Gasteiger partial charge in [0.2, 0.25) is 5.91 Å². The van der Waals surface area contributed by atoms with Crippen LogP contribution in [0.25, 0.3) is 21.8 Å². The van der Waals surface area contributed by atoms with Crippen LogP contribution >= 0.6 is 23.4 Å². The minimum absolute atomic E-state index is 0.0626. The number of para-hydroxylation sites is 1. The van der Waals surface area contributed by atoms with E-state index in [4.69, 9.17) is 21.3 Å². The second-order valence-corrected chi connectivity index (χ2v) is 15.7. The van der Waals surface area contributed by atoms with Crippen LogP contribution in [0.1, 0.15) is 51.6 Å². The van der Waals surface area contributed by atoms with E-state index in [1.807, 2.05) is 80.2 Å². The predicted molar refractivity (Wildman–Crippen MR) is 195 cm³/mol. The van der Waals surface area contributed by atoms with E-state index in [0.29, 0.717) is 30.3 Å². The summed E-state index contributed by atoms with van der Waals surface area (Å²) >= 11 is 8.07. The molecular formula is C39H39ClN4O2S. The van der Waals surface area contributed by atoms with Gasteiger partial charge in [-0.3, -0.25) is 9.78 Å². The van der Waals surface area contributed by atoms with Crippen LogP contribution in [0, 0.1) is 5.41 Å². The molecule has 3 aromatic carbocycles. The Balaban J connectivity index is 1.40. The molecule has 0 saturated carbocycles. The summed E-state index contributed by atoms with van der Waals surface area (Å²) in [5, 5.41) is 5.98. The lowest BCUT2D eigenvalue weighted by Crippen LogP contribution is -2.33. The molecule has 0 bridgehead atoms. The van der Waals surface area contributed by atoms with Crippen molar-refractivity contribution in [2.45, 2.75) is 63.8 Å². The minimum Gasteiger partial charge on any atom is -0.487 e. The third-order valence-electron chi connectivity index (χ3n) is 7.94. The zero-order chi connectivity index (χ0) is 33.2. The van der Waals surface area contributed by atoms with Crippen LogP contribution in [0.5, 0.6) is 5.75 Å². The lowest BCUT2D eigenvalue weighted by molar-refractivity contribution is -0.124. The van der Waals surface area contributed by atoms with Crippen molar-refractivity contribution in [1.82, 2.24) is 14.5 Å². The number of hydrogen-bond donors (Lipinski definition) is 1. The normalized spacial score (nSPS) is 12.0. The van der Waals surface area contributed by atoms with Crippen LogP contribution < -0.4 is 10.1 Å². The number of amides is 1. The Morgan fingerprint density at radius 2 is 1.72 bits per heavy atom. The molecule has 3 heterocycles. The van der Waals surface area contributed by atoms with Crippen molar-refractivity contribution in [3.05, 3.63) is 125 Å². The van der Waals surface area contributed by atoms with Gasteiger partial charge in [0.15, 0.2) is 0 Å². The van der Waals surface area contributed by atoms with Crippen LogP contribution in [0.4, 0.5) is 5.69 Å². The summed E-state index contributed by atoms with van der Waals surface area (Å²) in [6.07, 6.45) is 3.89. The predicted octanol–water partition coefficient (Wildman–Crippen LogP) is 9.96. The molecule has 6 aromatic rings. The number of halogens is 1. The number of benzene rings is 3. The van der Waals surface area contributed by atoms with E-state index >= 15 is 0 Å². The van der Waals surface area contributed by atoms with Gasteiger partial charge in [0, 0.05) is 61.2 Å². The summed E-state index contributed by atoms with van der Waals surface area (Å²) in [6, 6.07) is 30.1. The lowest BCUT2D eigenvalue weighted by atomic mass is 9.86. The van der Waals surface area contributed by atoms with Crippen molar-refractivity contribution in [1.29, 1.82) is 0 Å². The Labute approximate surface area is 285 Å². The molecule has 1 amide bonds. The average Bonchev–Trinajstić information content (AvgIpc) is 3.30. The molecule has 3 aromatic heterocycles. The Morgan fingerprint density at radius 3 is 2.47 bits per heavy atom. The molecule has 0 spiro atoms. The fourth-order valence-corrected chi connectivity index (χ4v) is 6.89. The van der Waals surface area contributed by atoms with Crippen LogP contribution in [0.2, 0.25) is 5.02 Å². The molecule has 1 N–H and O–H groups in total. The van der Waals surface area contributed by atoms with Crippen molar-refractivity contribution in [3.63, 3.8) is 0 Å². The number of anilines is 1.